The summed E-state index contributed by atoms with van der Waals surface area (Å²) >= 11 is 0. The van der Waals surface area contributed by atoms with Gasteiger partial charge in [0.15, 0.2) is 5.76 Å². The highest BCUT2D eigenvalue weighted by Crippen LogP contribution is 2.25. The summed E-state index contributed by atoms with van der Waals surface area (Å²) in [5, 5.41) is 2.54. The Bertz CT molecular complexity index is 1000. The third kappa shape index (κ3) is 8.06. The summed E-state index contributed by atoms with van der Waals surface area (Å²) in [5.41, 5.74) is 6.58. The van der Waals surface area contributed by atoms with E-state index in [1.807, 2.05) is 13.0 Å². The molecule has 190 valence electrons. The standard InChI is InChI=1S/C26H34N2O7/c1-16-10-7-11-18(33-3)12-8-13-19-23(30)20(15-21(29)24(19)34-4)28-25(31)17(2)9-5-6-14-22(16)35-26(27)32/h5-6,9-10,15,18,22H,7-8,11-14H2,1-4H3,(H2,27,32)(H,28,31)/b6-5-,16-10+,17-9+. The summed E-state index contributed by atoms with van der Waals surface area (Å²) in [4.78, 5) is 49.5. The van der Waals surface area contributed by atoms with Crippen LogP contribution in [0, 0.1) is 0 Å². The number of nitrogens with one attached hydrogen (secondary N) is 1. The first-order valence-electron chi connectivity index (χ1n) is 11.6. The number of amides is 2. The van der Waals surface area contributed by atoms with Gasteiger partial charge in [-0.05, 0) is 51.5 Å². The summed E-state index contributed by atoms with van der Waals surface area (Å²) in [5.74, 6) is -1.41. The molecule has 2 atom stereocenters. The topological polar surface area (TPSA) is 134 Å². The van der Waals surface area contributed by atoms with E-state index in [2.05, 4.69) is 5.32 Å². The van der Waals surface area contributed by atoms with Crippen molar-refractivity contribution in [2.75, 3.05) is 14.2 Å². The average Bonchev–Trinajstić information content (AvgIpc) is 2.81. The molecule has 0 radical (unpaired) electrons. The minimum Gasteiger partial charge on any atom is -0.492 e. The Kier molecular flexibility index (Phi) is 10.7. The fraction of sp³-hybridized carbons (Fsp3) is 0.462. The van der Waals surface area contributed by atoms with Crippen LogP contribution in [0.4, 0.5) is 4.79 Å². The Morgan fingerprint density at radius 3 is 2.54 bits per heavy atom. The Balaban J connectivity index is 2.35. The third-order valence-electron chi connectivity index (χ3n) is 5.94. The van der Waals surface area contributed by atoms with Crippen molar-refractivity contribution in [1.29, 1.82) is 0 Å². The van der Waals surface area contributed by atoms with Crippen LogP contribution in [0.2, 0.25) is 0 Å². The lowest BCUT2D eigenvalue weighted by Crippen LogP contribution is -2.33. The minimum absolute atomic E-state index is 0.00195. The molecule has 0 aromatic carbocycles. The SMILES string of the molecule is COC1=C2CCCC(OC)CC/C=C(\C)C(OC(N)=O)C/C=C\C=C(/C)C(=O)NC(=CC1=O)C2=O. The molecule has 0 aromatic rings. The molecule has 9 heteroatoms. The molecule has 35 heavy (non-hydrogen) atoms. The summed E-state index contributed by atoms with van der Waals surface area (Å²) < 4.78 is 16.0. The average molecular weight is 487 g/mol. The fourth-order valence-corrected chi connectivity index (χ4v) is 3.91. The normalized spacial score (nSPS) is 27.1. The minimum atomic E-state index is -0.862. The maximum Gasteiger partial charge on any atom is 0.405 e. The molecule has 9 nitrogen and oxygen atoms in total. The molecule has 0 saturated heterocycles. The van der Waals surface area contributed by atoms with Gasteiger partial charge in [0.05, 0.1) is 18.9 Å². The number of carbonyl (C=O) groups excluding carboxylic acids is 4. The smallest absolute Gasteiger partial charge is 0.405 e. The molecule has 0 saturated carbocycles. The Hall–Kier alpha value is -3.46. The number of hydrogen-bond acceptors (Lipinski definition) is 7. The van der Waals surface area contributed by atoms with E-state index < -0.39 is 29.7 Å². The van der Waals surface area contributed by atoms with Crippen molar-refractivity contribution in [2.45, 2.75) is 64.6 Å². The number of ether oxygens (including phenoxy) is 3. The molecule has 0 aromatic heterocycles. The van der Waals surface area contributed by atoms with Gasteiger partial charge in [-0.2, -0.15) is 0 Å². The number of primary amides is 1. The molecular weight excluding hydrogens is 452 g/mol. The van der Waals surface area contributed by atoms with Gasteiger partial charge in [-0.15, -0.1) is 0 Å². The second kappa shape index (κ2) is 13.4. The molecule has 1 aliphatic heterocycles. The van der Waals surface area contributed by atoms with E-state index in [1.54, 1.807) is 32.3 Å². The molecule has 3 N–H and O–H groups in total. The number of rotatable bonds is 3. The van der Waals surface area contributed by atoms with Crippen LogP contribution in [0.15, 0.2) is 58.6 Å². The molecule has 2 rings (SSSR count). The van der Waals surface area contributed by atoms with E-state index in [1.165, 1.54) is 7.11 Å². The first-order chi connectivity index (χ1) is 16.7. The van der Waals surface area contributed by atoms with E-state index >= 15 is 0 Å². The number of fused-ring (bicyclic) bond motifs is 2. The predicted molar refractivity (Wildman–Crippen MR) is 130 cm³/mol. The van der Waals surface area contributed by atoms with Crippen molar-refractivity contribution in [2.24, 2.45) is 5.73 Å². The summed E-state index contributed by atoms with van der Waals surface area (Å²) in [6.45, 7) is 3.46. The van der Waals surface area contributed by atoms with Crippen LogP contribution in [0.3, 0.4) is 0 Å². The number of hydrogen-bond donors (Lipinski definition) is 2. The van der Waals surface area contributed by atoms with Gasteiger partial charge >= 0.3 is 6.09 Å². The van der Waals surface area contributed by atoms with Gasteiger partial charge in [-0.1, -0.05) is 24.3 Å². The van der Waals surface area contributed by atoms with Crippen LogP contribution in [0.5, 0.6) is 0 Å². The summed E-state index contributed by atoms with van der Waals surface area (Å²) in [7, 11) is 2.97. The van der Waals surface area contributed by atoms with Crippen LogP contribution >= 0.6 is 0 Å². The first-order valence-corrected chi connectivity index (χ1v) is 11.6. The highest BCUT2D eigenvalue weighted by Gasteiger charge is 2.30. The predicted octanol–water partition coefficient (Wildman–Crippen LogP) is 3.32. The van der Waals surface area contributed by atoms with Crippen molar-refractivity contribution >= 4 is 23.6 Å². The molecule has 2 amide bonds. The number of carbonyl (C=O) groups is 4. The van der Waals surface area contributed by atoms with Crippen LogP contribution in [0.1, 0.15) is 52.4 Å². The van der Waals surface area contributed by atoms with E-state index in [4.69, 9.17) is 19.9 Å². The largest absolute Gasteiger partial charge is 0.492 e. The lowest BCUT2D eigenvalue weighted by atomic mass is 9.93. The van der Waals surface area contributed by atoms with Gasteiger partial charge in [0.25, 0.3) is 5.91 Å². The van der Waals surface area contributed by atoms with Crippen molar-refractivity contribution in [3.63, 3.8) is 0 Å². The van der Waals surface area contributed by atoms with Gasteiger partial charge < -0.3 is 25.3 Å². The van der Waals surface area contributed by atoms with Crippen LogP contribution in [-0.4, -0.2) is 50.0 Å². The highest BCUT2D eigenvalue weighted by molar-refractivity contribution is 6.23. The molecule has 2 unspecified atom stereocenters. The van der Waals surface area contributed by atoms with Gasteiger partial charge in [0, 0.05) is 30.8 Å². The van der Waals surface area contributed by atoms with Crippen LogP contribution in [0.25, 0.3) is 0 Å². The molecule has 2 aliphatic rings. The molecule has 1 heterocycles. The fourth-order valence-electron chi connectivity index (χ4n) is 3.91. The van der Waals surface area contributed by atoms with E-state index in [9.17, 15) is 19.2 Å². The van der Waals surface area contributed by atoms with E-state index in [0.29, 0.717) is 37.7 Å². The lowest BCUT2D eigenvalue weighted by Gasteiger charge is -2.20. The zero-order valence-corrected chi connectivity index (χ0v) is 20.7. The van der Waals surface area contributed by atoms with Crippen LogP contribution in [-0.2, 0) is 28.6 Å². The van der Waals surface area contributed by atoms with Crippen molar-refractivity contribution < 1.29 is 33.4 Å². The van der Waals surface area contributed by atoms with E-state index in [-0.39, 0.29) is 23.1 Å². The maximum absolute atomic E-state index is 13.0. The first kappa shape index (κ1) is 27.8. The van der Waals surface area contributed by atoms with E-state index in [0.717, 1.165) is 18.1 Å². The van der Waals surface area contributed by atoms with Gasteiger partial charge in [0.1, 0.15) is 6.10 Å². The zero-order chi connectivity index (χ0) is 26.0. The Labute approximate surface area is 205 Å². The van der Waals surface area contributed by atoms with Gasteiger partial charge in [0.2, 0.25) is 11.6 Å². The monoisotopic (exact) mass is 486 g/mol. The lowest BCUT2D eigenvalue weighted by molar-refractivity contribution is -0.120. The maximum atomic E-state index is 13.0. The zero-order valence-electron chi connectivity index (χ0n) is 20.7. The molecule has 1 aliphatic carbocycles. The number of ketones is 2. The van der Waals surface area contributed by atoms with Crippen molar-refractivity contribution in [3.8, 4) is 0 Å². The second-order valence-electron chi connectivity index (χ2n) is 8.43. The Morgan fingerprint density at radius 2 is 1.89 bits per heavy atom. The Morgan fingerprint density at radius 1 is 1.14 bits per heavy atom. The van der Waals surface area contributed by atoms with Crippen LogP contribution < -0.4 is 11.1 Å². The quantitative estimate of drug-likeness (QED) is 0.462. The molecule has 0 spiro atoms. The van der Waals surface area contributed by atoms with Crippen molar-refractivity contribution in [3.05, 3.63) is 58.6 Å². The van der Waals surface area contributed by atoms with Crippen molar-refractivity contribution in [1.82, 2.24) is 5.32 Å². The molecular formula is C26H34N2O7. The number of allylic oxidation sites excluding steroid dienone is 5. The molecule has 2 bridgehead atoms. The number of methoxy groups -OCH3 is 2. The number of nitrogens with two attached hydrogens (primary N) is 1. The summed E-state index contributed by atoms with van der Waals surface area (Å²) in [6.07, 6.45) is 9.94. The summed E-state index contributed by atoms with van der Waals surface area (Å²) in [6, 6.07) is 0. The number of Topliss-reactive ketones (excluding diaryl/α,β-unsaturated/α-hetero) is 1. The molecule has 0 fully saturated rings. The van der Waals surface area contributed by atoms with Gasteiger partial charge in [-0.25, -0.2) is 4.79 Å². The second-order valence-corrected chi connectivity index (χ2v) is 8.43. The third-order valence-corrected chi connectivity index (χ3v) is 5.94. The highest BCUT2D eigenvalue weighted by atomic mass is 16.6. The van der Waals surface area contributed by atoms with Gasteiger partial charge in [-0.3, -0.25) is 14.4 Å².